The first-order chi connectivity index (χ1) is 18.2. The number of aliphatic hydroxyl groups excluding tert-OH is 1. The number of nitrogens with zero attached hydrogens (tertiary/aromatic N) is 2. The van der Waals surface area contributed by atoms with Gasteiger partial charge in [-0.1, -0.05) is 44.2 Å². The van der Waals surface area contributed by atoms with Gasteiger partial charge < -0.3 is 15.3 Å². The van der Waals surface area contributed by atoms with Gasteiger partial charge in [-0.05, 0) is 48.3 Å². The lowest BCUT2D eigenvalue weighted by atomic mass is 10.00. The number of aliphatic hydroxyl groups is 1. The molecule has 38 heavy (non-hydrogen) atoms. The van der Waals surface area contributed by atoms with Crippen LogP contribution in [0.25, 0.3) is 10.4 Å². The third-order valence-electron chi connectivity index (χ3n) is 6.88. The molecule has 9 heteroatoms. The average Bonchev–Trinajstić information content (AvgIpc) is 3.66. The Kier molecular flexibility index (Phi) is 9.46. The zero-order chi connectivity index (χ0) is 27.2. The summed E-state index contributed by atoms with van der Waals surface area (Å²) in [6.07, 6.45) is 1.33. The smallest absolute Gasteiger partial charge is 0.251 e. The third-order valence-corrected chi connectivity index (χ3v) is 8.80. The number of hydrogen-bond acceptors (Lipinski definition) is 7. The van der Waals surface area contributed by atoms with Crippen molar-refractivity contribution < 1.29 is 19.5 Å². The van der Waals surface area contributed by atoms with Crippen LogP contribution in [0.5, 0.6) is 0 Å². The van der Waals surface area contributed by atoms with Crippen LogP contribution in [0.1, 0.15) is 61.7 Å². The Morgan fingerprint density at radius 3 is 2.53 bits per heavy atom. The van der Waals surface area contributed by atoms with Crippen LogP contribution >= 0.6 is 22.7 Å². The second kappa shape index (κ2) is 12.8. The van der Waals surface area contributed by atoms with Gasteiger partial charge in [0.15, 0.2) is 5.78 Å². The molecule has 0 spiro atoms. The van der Waals surface area contributed by atoms with Gasteiger partial charge in [0.2, 0.25) is 5.91 Å². The molecule has 0 aliphatic carbocycles. The summed E-state index contributed by atoms with van der Waals surface area (Å²) in [5, 5.41) is 15.1. The van der Waals surface area contributed by atoms with Gasteiger partial charge in [-0.25, -0.2) is 4.98 Å². The Hall–Kier alpha value is -2.88. The second-order valence-electron chi connectivity index (χ2n) is 10.3. The van der Waals surface area contributed by atoms with E-state index in [1.165, 1.54) is 16.2 Å². The average molecular weight is 554 g/mol. The molecular formula is C29H35N3O4S2. The second-order valence-corrected chi connectivity index (χ2v) is 12.1. The molecular weight excluding hydrogens is 518 g/mol. The predicted molar refractivity (Wildman–Crippen MR) is 151 cm³/mol. The number of amides is 2. The Balaban J connectivity index is 1.42. The van der Waals surface area contributed by atoms with Crippen molar-refractivity contribution >= 4 is 40.3 Å². The number of thiazole rings is 1. The van der Waals surface area contributed by atoms with Gasteiger partial charge in [-0.15, -0.1) is 22.7 Å². The molecule has 0 unspecified atom stereocenters. The molecule has 3 heterocycles. The largest absolute Gasteiger partial charge is 0.391 e. The lowest BCUT2D eigenvalue weighted by Gasteiger charge is -2.28. The molecule has 2 amide bonds. The third kappa shape index (κ3) is 6.95. The van der Waals surface area contributed by atoms with E-state index in [1.807, 2.05) is 68.1 Å². The van der Waals surface area contributed by atoms with Gasteiger partial charge in [0.1, 0.15) is 6.04 Å². The summed E-state index contributed by atoms with van der Waals surface area (Å²) in [4.78, 5) is 47.2. The summed E-state index contributed by atoms with van der Waals surface area (Å²) in [5.74, 6) is -0.233. The van der Waals surface area contributed by atoms with Crippen molar-refractivity contribution in [3.8, 4) is 10.4 Å². The molecule has 1 aliphatic rings. The Morgan fingerprint density at radius 2 is 1.89 bits per heavy atom. The van der Waals surface area contributed by atoms with Crippen molar-refractivity contribution in [2.24, 2.45) is 5.92 Å². The lowest BCUT2D eigenvalue weighted by Crippen LogP contribution is -2.47. The van der Waals surface area contributed by atoms with E-state index in [9.17, 15) is 19.5 Å². The minimum Gasteiger partial charge on any atom is -0.391 e. The van der Waals surface area contributed by atoms with Crippen molar-refractivity contribution in [2.75, 3.05) is 6.54 Å². The topological polar surface area (TPSA) is 99.6 Å². The highest BCUT2D eigenvalue weighted by Crippen LogP contribution is 2.29. The first-order valence-electron chi connectivity index (χ1n) is 13.1. The number of aryl methyl sites for hydroxylation is 2. The molecule has 1 aliphatic heterocycles. The van der Waals surface area contributed by atoms with Gasteiger partial charge in [0, 0.05) is 30.7 Å². The fourth-order valence-electron chi connectivity index (χ4n) is 4.73. The van der Waals surface area contributed by atoms with Gasteiger partial charge in [0.05, 0.1) is 28.2 Å². The van der Waals surface area contributed by atoms with Gasteiger partial charge in [0.25, 0.3) is 5.91 Å². The number of aromatic nitrogens is 1. The number of carbonyl (C=O) groups excluding carboxylic acids is 3. The number of Topliss-reactive ketones (excluding diaryl/α,β-unsaturated/α-hetero) is 1. The minimum absolute atomic E-state index is 0.0756. The first kappa shape index (κ1) is 28.1. The Morgan fingerprint density at radius 1 is 1.13 bits per heavy atom. The standard InChI is InChI=1S/C29H35N3O4S2/c1-18(2)6-13-26(35)31-27(25-5-4-14-37-25)29(36)32-16-22(33)15-23(32)24(34)12-9-20-7-10-21(11-8-20)28-19(3)30-17-38-28/h4-5,7-8,10-11,14,17-18,22-23,27,33H,6,9,12-13,15-16H2,1-3H3,(H,31,35)/t22-,23+,27+/m1/s1. The van der Waals surface area contributed by atoms with Crippen molar-refractivity contribution in [1.82, 2.24) is 15.2 Å². The molecule has 1 aromatic carbocycles. The van der Waals surface area contributed by atoms with Gasteiger partial charge in [-0.2, -0.15) is 0 Å². The summed E-state index contributed by atoms with van der Waals surface area (Å²) in [5.41, 5.74) is 4.97. The van der Waals surface area contributed by atoms with Crippen molar-refractivity contribution in [1.29, 1.82) is 0 Å². The van der Waals surface area contributed by atoms with Crippen LogP contribution in [0.3, 0.4) is 0 Å². The molecule has 0 saturated carbocycles. The molecule has 0 radical (unpaired) electrons. The molecule has 7 nitrogen and oxygen atoms in total. The highest BCUT2D eigenvalue weighted by molar-refractivity contribution is 7.13. The van der Waals surface area contributed by atoms with Crippen LogP contribution in [0.2, 0.25) is 0 Å². The van der Waals surface area contributed by atoms with Crippen LogP contribution in [0, 0.1) is 12.8 Å². The van der Waals surface area contributed by atoms with E-state index in [4.69, 9.17) is 0 Å². The molecule has 0 bridgehead atoms. The summed E-state index contributed by atoms with van der Waals surface area (Å²) in [6, 6.07) is 10.2. The normalized spacial score (nSPS) is 18.1. The number of hydrogen-bond donors (Lipinski definition) is 2. The Bertz CT molecular complexity index is 1240. The fraction of sp³-hybridized carbons (Fsp3) is 0.448. The van der Waals surface area contributed by atoms with Crippen LogP contribution in [0.4, 0.5) is 0 Å². The van der Waals surface area contributed by atoms with Crippen LogP contribution in [-0.2, 0) is 20.8 Å². The number of ketones is 1. The summed E-state index contributed by atoms with van der Waals surface area (Å²) in [7, 11) is 0. The highest BCUT2D eigenvalue weighted by Gasteiger charge is 2.41. The van der Waals surface area contributed by atoms with Crippen LogP contribution < -0.4 is 5.32 Å². The van der Waals surface area contributed by atoms with E-state index >= 15 is 0 Å². The number of β-amino-alcohol motifs (C(OH)–C–C–N with tert-alkyl or cyclic N) is 1. The quantitative estimate of drug-likeness (QED) is 0.351. The van der Waals surface area contributed by atoms with Gasteiger partial charge >= 0.3 is 0 Å². The fourth-order valence-corrected chi connectivity index (χ4v) is 6.31. The first-order valence-corrected chi connectivity index (χ1v) is 14.8. The summed E-state index contributed by atoms with van der Waals surface area (Å²) < 4.78 is 0. The molecule has 2 aromatic heterocycles. The molecule has 3 aromatic rings. The number of thiophene rings is 1. The number of carbonyl (C=O) groups is 3. The van der Waals surface area contributed by atoms with Crippen LogP contribution in [0.15, 0.2) is 47.3 Å². The molecule has 1 saturated heterocycles. The molecule has 2 N–H and O–H groups in total. The van der Waals surface area contributed by atoms with E-state index in [-0.39, 0.29) is 37.0 Å². The minimum atomic E-state index is -0.863. The van der Waals surface area contributed by atoms with Crippen molar-refractivity contribution in [2.45, 2.75) is 71.1 Å². The monoisotopic (exact) mass is 553 g/mol. The van der Waals surface area contributed by atoms with Crippen LogP contribution in [-0.4, -0.2) is 51.3 Å². The van der Waals surface area contributed by atoms with Crippen molar-refractivity contribution in [3.63, 3.8) is 0 Å². The molecule has 3 atom stereocenters. The SMILES string of the molecule is Cc1ncsc1-c1ccc(CCC(=O)[C@@H]2C[C@@H](O)CN2C(=O)[C@@H](NC(=O)CCC(C)C)c2cccs2)cc1. The lowest BCUT2D eigenvalue weighted by molar-refractivity contribution is -0.141. The van der Waals surface area contributed by atoms with E-state index in [0.717, 1.165) is 33.0 Å². The Labute approximate surface area is 231 Å². The number of likely N-dealkylation sites (tertiary alicyclic amines) is 1. The van der Waals surface area contributed by atoms with E-state index in [2.05, 4.69) is 10.3 Å². The van der Waals surface area contributed by atoms with Crippen molar-refractivity contribution in [3.05, 3.63) is 63.4 Å². The highest BCUT2D eigenvalue weighted by atomic mass is 32.1. The maximum Gasteiger partial charge on any atom is 0.251 e. The number of benzene rings is 1. The number of nitrogens with one attached hydrogen (secondary N) is 1. The van der Waals surface area contributed by atoms with E-state index in [0.29, 0.717) is 18.8 Å². The van der Waals surface area contributed by atoms with Gasteiger partial charge in [-0.3, -0.25) is 14.4 Å². The van der Waals surface area contributed by atoms with E-state index < -0.39 is 18.2 Å². The molecule has 1 fully saturated rings. The summed E-state index contributed by atoms with van der Waals surface area (Å²) >= 11 is 2.99. The zero-order valence-electron chi connectivity index (χ0n) is 22.1. The molecule has 202 valence electrons. The number of rotatable bonds is 11. The maximum atomic E-state index is 13.7. The molecule has 4 rings (SSSR count). The zero-order valence-corrected chi connectivity index (χ0v) is 23.7. The summed E-state index contributed by atoms with van der Waals surface area (Å²) in [6.45, 7) is 6.17. The van der Waals surface area contributed by atoms with E-state index in [1.54, 1.807) is 11.3 Å². The predicted octanol–water partition coefficient (Wildman–Crippen LogP) is 4.94. The maximum absolute atomic E-state index is 13.7.